The molecule has 10 heteroatoms. The topological polar surface area (TPSA) is 156 Å². The molecule has 0 aliphatic rings. The number of rotatable bonds is 6. The second-order valence-electron chi connectivity index (χ2n) is 7.07. The highest BCUT2D eigenvalue weighted by atomic mass is 35.5. The summed E-state index contributed by atoms with van der Waals surface area (Å²) in [5, 5.41) is 18.7. The van der Waals surface area contributed by atoms with Gasteiger partial charge in [0.2, 0.25) is 11.9 Å². The van der Waals surface area contributed by atoms with Gasteiger partial charge in [-0.05, 0) is 43.2 Å². The van der Waals surface area contributed by atoms with Gasteiger partial charge < -0.3 is 21.9 Å². The van der Waals surface area contributed by atoms with Crippen LogP contribution in [0.5, 0.6) is 0 Å². The van der Waals surface area contributed by atoms with Gasteiger partial charge in [0.25, 0.3) is 0 Å². The van der Waals surface area contributed by atoms with Gasteiger partial charge in [0, 0.05) is 24.2 Å². The number of aryl methyl sites for hydroxylation is 1. The molecule has 0 radical (unpaired) electrons. The minimum Gasteiger partial charge on any atom is -0.396 e. The molecule has 33 heavy (non-hydrogen) atoms. The van der Waals surface area contributed by atoms with E-state index in [-0.39, 0.29) is 17.2 Å². The van der Waals surface area contributed by atoms with Crippen molar-refractivity contribution in [2.24, 2.45) is 5.73 Å². The van der Waals surface area contributed by atoms with Crippen molar-refractivity contribution in [3.05, 3.63) is 82.6 Å². The van der Waals surface area contributed by atoms with Crippen LogP contribution in [0.25, 0.3) is 11.3 Å². The highest BCUT2D eigenvalue weighted by Crippen LogP contribution is 2.26. The lowest BCUT2D eigenvalue weighted by molar-refractivity contribution is 0.100. The van der Waals surface area contributed by atoms with Gasteiger partial charge in [0.1, 0.15) is 5.82 Å². The molecule has 7 N–H and O–H groups in total. The number of hydrogen-bond donors (Lipinski definition) is 5. The fraction of sp³-hybridized carbons (Fsp3) is 0.130. The molecule has 0 spiro atoms. The van der Waals surface area contributed by atoms with Gasteiger partial charge in [-0.2, -0.15) is 10.1 Å². The summed E-state index contributed by atoms with van der Waals surface area (Å²) < 4.78 is 0. The minimum atomic E-state index is -0.592. The Hall–Kier alpha value is -3.95. The van der Waals surface area contributed by atoms with Gasteiger partial charge in [-0.15, -0.1) is 0 Å². The van der Waals surface area contributed by atoms with Gasteiger partial charge in [-0.3, -0.25) is 9.89 Å². The van der Waals surface area contributed by atoms with Crippen LogP contribution in [-0.4, -0.2) is 37.8 Å². The third-order valence-corrected chi connectivity index (χ3v) is 4.85. The van der Waals surface area contributed by atoms with E-state index in [2.05, 4.69) is 25.5 Å². The molecular formula is C23H24ClN7O2. The second kappa shape index (κ2) is 11.1. The maximum atomic E-state index is 11.2. The molecule has 2 aromatic carbocycles. The van der Waals surface area contributed by atoms with E-state index in [1.807, 2.05) is 43.3 Å². The zero-order valence-electron chi connectivity index (χ0n) is 17.9. The van der Waals surface area contributed by atoms with Crippen LogP contribution in [0.4, 0.5) is 17.5 Å². The number of aromatic amines is 1. The van der Waals surface area contributed by atoms with Crippen LogP contribution in [0.15, 0.2) is 60.8 Å². The summed E-state index contributed by atoms with van der Waals surface area (Å²) in [5.74, 6) is -0.00375. The number of nitrogens with two attached hydrogens (primary N) is 2. The van der Waals surface area contributed by atoms with Crippen molar-refractivity contribution < 1.29 is 9.90 Å². The number of nitrogen functional groups attached to an aromatic ring is 1. The summed E-state index contributed by atoms with van der Waals surface area (Å²) in [6.07, 6.45) is 2.35. The number of H-pyrrole nitrogens is 1. The molecule has 9 nitrogen and oxygen atoms in total. The first kappa shape index (κ1) is 23.7. The first-order valence-electron chi connectivity index (χ1n) is 10.0. The first-order chi connectivity index (χ1) is 15.9. The van der Waals surface area contributed by atoms with Gasteiger partial charge >= 0.3 is 0 Å². The van der Waals surface area contributed by atoms with Crippen LogP contribution in [0.2, 0.25) is 5.02 Å². The fourth-order valence-corrected chi connectivity index (χ4v) is 3.18. The quantitative estimate of drug-likeness (QED) is 0.292. The van der Waals surface area contributed by atoms with Gasteiger partial charge in [0.15, 0.2) is 0 Å². The fourth-order valence-electron chi connectivity index (χ4n) is 2.90. The molecule has 0 fully saturated rings. The number of benzene rings is 2. The number of nitrogens with one attached hydrogen (secondary N) is 2. The largest absolute Gasteiger partial charge is 0.396 e. The van der Waals surface area contributed by atoms with E-state index in [0.717, 1.165) is 12.1 Å². The van der Waals surface area contributed by atoms with Crippen molar-refractivity contribution in [1.29, 1.82) is 0 Å². The third kappa shape index (κ3) is 6.52. The lowest BCUT2D eigenvalue weighted by Gasteiger charge is -2.08. The Morgan fingerprint density at radius 2 is 1.94 bits per heavy atom. The van der Waals surface area contributed by atoms with Crippen LogP contribution < -0.4 is 16.8 Å². The van der Waals surface area contributed by atoms with Gasteiger partial charge in [-0.1, -0.05) is 41.9 Å². The average Bonchev–Trinajstić information content (AvgIpc) is 3.21. The molecule has 4 aromatic rings. The predicted molar refractivity (Wildman–Crippen MR) is 129 cm³/mol. The Labute approximate surface area is 195 Å². The predicted octanol–water partition coefficient (Wildman–Crippen LogP) is 3.47. The van der Waals surface area contributed by atoms with Crippen molar-refractivity contribution in [2.45, 2.75) is 13.3 Å². The number of nitrogens with zero attached hydrogens (tertiary/aromatic N) is 3. The van der Waals surface area contributed by atoms with E-state index in [1.54, 1.807) is 18.3 Å². The number of aromatic nitrogens is 4. The molecule has 2 aromatic heterocycles. The van der Waals surface area contributed by atoms with E-state index in [1.165, 1.54) is 11.6 Å². The Morgan fingerprint density at radius 1 is 1.18 bits per heavy atom. The second-order valence-corrected chi connectivity index (χ2v) is 7.48. The standard InChI is InChI=1S/C15H14ClN7O.C8H10O/c1-7-4-12(23-22-7)10-6-19-15(21-13(10)17)20-8-2-3-9(14(18)24)11(16)5-8;9-7-6-8-4-2-1-3-5-8/h2-6H,1H3,(H2,18,24)(H,22,23)(H3,17,19,20,21);1-5,9H,6-7H2. The third-order valence-electron chi connectivity index (χ3n) is 4.53. The average molecular weight is 466 g/mol. The summed E-state index contributed by atoms with van der Waals surface area (Å²) in [6, 6.07) is 16.5. The zero-order chi connectivity index (χ0) is 23.8. The van der Waals surface area contributed by atoms with Crippen LogP contribution in [0.3, 0.4) is 0 Å². The van der Waals surface area contributed by atoms with Crippen molar-refractivity contribution in [3.8, 4) is 11.3 Å². The smallest absolute Gasteiger partial charge is 0.250 e. The number of anilines is 3. The summed E-state index contributed by atoms with van der Waals surface area (Å²) in [5.41, 5.74) is 15.5. The summed E-state index contributed by atoms with van der Waals surface area (Å²) in [7, 11) is 0. The highest BCUT2D eigenvalue weighted by molar-refractivity contribution is 6.34. The molecule has 0 atom stereocenters. The van der Waals surface area contributed by atoms with Gasteiger partial charge in [0.05, 0.1) is 21.8 Å². The van der Waals surface area contributed by atoms with Crippen molar-refractivity contribution >= 4 is 35.0 Å². The first-order valence-corrected chi connectivity index (χ1v) is 10.4. The lowest BCUT2D eigenvalue weighted by Crippen LogP contribution is -2.11. The number of aliphatic hydroxyl groups excluding tert-OH is 1. The summed E-state index contributed by atoms with van der Waals surface area (Å²) in [6.45, 7) is 2.13. The Bertz CT molecular complexity index is 1230. The Balaban J connectivity index is 0.000000286. The molecule has 1 amide bonds. The molecule has 0 saturated heterocycles. The normalized spacial score (nSPS) is 10.3. The highest BCUT2D eigenvalue weighted by Gasteiger charge is 2.11. The number of carbonyl (C=O) groups excluding carboxylic acids is 1. The van der Waals surface area contributed by atoms with E-state index in [0.29, 0.717) is 28.7 Å². The maximum Gasteiger partial charge on any atom is 0.250 e. The minimum absolute atomic E-state index is 0.240. The monoisotopic (exact) mass is 465 g/mol. The maximum absolute atomic E-state index is 11.2. The zero-order valence-corrected chi connectivity index (χ0v) is 18.7. The number of hydrogen-bond acceptors (Lipinski definition) is 7. The number of aliphatic hydroxyl groups is 1. The van der Waals surface area contributed by atoms with E-state index in [9.17, 15) is 4.79 Å². The Morgan fingerprint density at radius 3 is 2.52 bits per heavy atom. The SMILES string of the molecule is Cc1cc(-c2cnc(Nc3ccc(C(N)=O)c(Cl)c3)nc2N)n[nH]1.OCCc1ccccc1. The summed E-state index contributed by atoms with van der Waals surface area (Å²) in [4.78, 5) is 19.6. The molecule has 0 bridgehead atoms. The van der Waals surface area contributed by atoms with E-state index >= 15 is 0 Å². The number of halogens is 1. The molecule has 0 unspecified atom stereocenters. The van der Waals surface area contributed by atoms with Crippen molar-refractivity contribution in [2.75, 3.05) is 17.7 Å². The van der Waals surface area contributed by atoms with Crippen LogP contribution in [0.1, 0.15) is 21.6 Å². The van der Waals surface area contributed by atoms with E-state index in [4.69, 9.17) is 28.2 Å². The van der Waals surface area contributed by atoms with Crippen molar-refractivity contribution in [1.82, 2.24) is 20.2 Å². The Kier molecular flexibility index (Phi) is 7.96. The molecule has 0 aliphatic heterocycles. The molecule has 0 saturated carbocycles. The molecule has 0 aliphatic carbocycles. The van der Waals surface area contributed by atoms with Crippen LogP contribution in [0, 0.1) is 6.92 Å². The molecule has 2 heterocycles. The number of primary amides is 1. The summed E-state index contributed by atoms with van der Waals surface area (Å²) >= 11 is 6.01. The van der Waals surface area contributed by atoms with Gasteiger partial charge in [-0.25, -0.2) is 4.98 Å². The van der Waals surface area contributed by atoms with Crippen molar-refractivity contribution in [3.63, 3.8) is 0 Å². The van der Waals surface area contributed by atoms with Crippen LogP contribution in [-0.2, 0) is 6.42 Å². The molecule has 4 rings (SSSR count). The number of amides is 1. The number of carbonyl (C=O) groups is 1. The molecular weight excluding hydrogens is 442 g/mol. The molecule has 170 valence electrons. The van der Waals surface area contributed by atoms with Crippen LogP contribution >= 0.6 is 11.6 Å². The lowest BCUT2D eigenvalue weighted by atomic mass is 10.2. The van der Waals surface area contributed by atoms with E-state index < -0.39 is 5.91 Å².